The number of carbonyl (C=O) groups excluding carboxylic acids is 1. The molecule has 0 bridgehead atoms. The molecule has 0 atom stereocenters. The Labute approximate surface area is 105 Å². The van der Waals surface area contributed by atoms with Gasteiger partial charge in [-0.05, 0) is 31.3 Å². The minimum atomic E-state index is -0.221. The van der Waals surface area contributed by atoms with Crippen LogP contribution in [0.25, 0.3) is 6.08 Å². The number of thiocarbonyl (C=S) groups is 1. The van der Waals surface area contributed by atoms with Crippen molar-refractivity contribution in [2.75, 3.05) is 6.61 Å². The van der Waals surface area contributed by atoms with Gasteiger partial charge in [-0.15, -0.1) is 0 Å². The second-order valence-corrected chi connectivity index (χ2v) is 3.85. The Morgan fingerprint density at radius 1 is 1.35 bits per heavy atom. The first-order valence-electron chi connectivity index (χ1n) is 5.26. The van der Waals surface area contributed by atoms with Gasteiger partial charge < -0.3 is 10.1 Å². The maximum Gasteiger partial charge on any atom is 0.273 e. The average molecular weight is 248 g/mol. The van der Waals surface area contributed by atoms with Gasteiger partial charge in [0.2, 0.25) is 0 Å². The molecule has 1 aliphatic heterocycles. The lowest BCUT2D eigenvalue weighted by Gasteiger charge is -2.06. The van der Waals surface area contributed by atoms with Crippen LogP contribution in [0.3, 0.4) is 0 Å². The molecule has 88 valence electrons. The molecule has 1 aromatic rings. The van der Waals surface area contributed by atoms with Gasteiger partial charge in [0.15, 0.2) is 5.11 Å². The van der Waals surface area contributed by atoms with Gasteiger partial charge in [0.1, 0.15) is 11.4 Å². The van der Waals surface area contributed by atoms with Crippen molar-refractivity contribution in [2.45, 2.75) is 6.92 Å². The summed E-state index contributed by atoms with van der Waals surface area (Å²) >= 11 is 4.86. The maximum atomic E-state index is 11.5. The number of carbonyl (C=O) groups is 1. The summed E-state index contributed by atoms with van der Waals surface area (Å²) in [6.45, 7) is 2.50. The Morgan fingerprint density at radius 2 is 2.12 bits per heavy atom. The van der Waals surface area contributed by atoms with Crippen LogP contribution in [0.1, 0.15) is 12.5 Å². The van der Waals surface area contributed by atoms with Gasteiger partial charge in [-0.2, -0.15) is 0 Å². The summed E-state index contributed by atoms with van der Waals surface area (Å²) in [4.78, 5) is 11.5. The van der Waals surface area contributed by atoms with E-state index in [1.165, 1.54) is 0 Å². The second kappa shape index (κ2) is 4.97. The number of amides is 1. The molecule has 0 saturated carbocycles. The molecular weight excluding hydrogens is 236 g/mol. The number of hydrogen-bond acceptors (Lipinski definition) is 3. The molecule has 17 heavy (non-hydrogen) atoms. The summed E-state index contributed by atoms with van der Waals surface area (Å²) in [7, 11) is 0. The van der Waals surface area contributed by atoms with Gasteiger partial charge in [-0.25, -0.2) is 0 Å². The van der Waals surface area contributed by atoms with Gasteiger partial charge in [-0.1, -0.05) is 18.2 Å². The van der Waals surface area contributed by atoms with Crippen LogP contribution < -0.4 is 15.4 Å². The summed E-state index contributed by atoms with van der Waals surface area (Å²) in [5.41, 5.74) is 1.28. The standard InChI is InChI=1S/C12H12N2O2S/c1-2-16-10-6-4-3-5-8(10)7-9-11(15)14-12(17)13-9/h3-7H,2H2,1H3,(H2,13,14,15,17)/b9-7+. The van der Waals surface area contributed by atoms with Crippen molar-refractivity contribution in [3.8, 4) is 5.75 Å². The number of rotatable bonds is 3. The van der Waals surface area contributed by atoms with Crippen molar-refractivity contribution in [1.82, 2.24) is 10.6 Å². The Balaban J connectivity index is 2.32. The van der Waals surface area contributed by atoms with E-state index in [9.17, 15) is 4.79 Å². The topological polar surface area (TPSA) is 50.4 Å². The van der Waals surface area contributed by atoms with Crippen LogP contribution in [0.15, 0.2) is 30.0 Å². The lowest BCUT2D eigenvalue weighted by molar-refractivity contribution is -0.115. The average Bonchev–Trinajstić information content (AvgIpc) is 2.61. The van der Waals surface area contributed by atoms with Crippen molar-refractivity contribution < 1.29 is 9.53 Å². The molecule has 0 aliphatic carbocycles. The molecule has 0 unspecified atom stereocenters. The van der Waals surface area contributed by atoms with E-state index < -0.39 is 0 Å². The zero-order valence-electron chi connectivity index (χ0n) is 9.32. The van der Waals surface area contributed by atoms with E-state index in [1.54, 1.807) is 6.08 Å². The first-order valence-corrected chi connectivity index (χ1v) is 5.67. The van der Waals surface area contributed by atoms with Crippen molar-refractivity contribution in [1.29, 1.82) is 0 Å². The van der Waals surface area contributed by atoms with Gasteiger partial charge in [-0.3, -0.25) is 10.1 Å². The third kappa shape index (κ3) is 2.62. The number of nitrogens with one attached hydrogen (secondary N) is 2. The molecular formula is C12H12N2O2S. The summed E-state index contributed by atoms with van der Waals surface area (Å²) in [6.07, 6.45) is 1.72. The lowest BCUT2D eigenvalue weighted by Crippen LogP contribution is -2.21. The molecule has 1 heterocycles. The number of benzene rings is 1. The molecule has 2 N–H and O–H groups in total. The molecule has 0 aromatic heterocycles. The van der Waals surface area contributed by atoms with E-state index in [4.69, 9.17) is 17.0 Å². The highest BCUT2D eigenvalue weighted by molar-refractivity contribution is 7.80. The summed E-state index contributed by atoms with van der Waals surface area (Å²) in [5, 5.41) is 5.64. The summed E-state index contributed by atoms with van der Waals surface area (Å²) < 4.78 is 5.47. The van der Waals surface area contributed by atoms with E-state index in [0.717, 1.165) is 11.3 Å². The zero-order chi connectivity index (χ0) is 12.3. The van der Waals surface area contributed by atoms with E-state index in [-0.39, 0.29) is 5.91 Å². The molecule has 1 fully saturated rings. The predicted octanol–water partition coefficient (Wildman–Crippen LogP) is 1.43. The van der Waals surface area contributed by atoms with Crippen LogP contribution in [0, 0.1) is 0 Å². The Bertz CT molecular complexity index is 497. The minimum absolute atomic E-state index is 0.221. The van der Waals surface area contributed by atoms with Crippen LogP contribution in [0.5, 0.6) is 5.75 Å². The largest absolute Gasteiger partial charge is 0.493 e. The predicted molar refractivity (Wildman–Crippen MR) is 69.5 cm³/mol. The molecule has 1 saturated heterocycles. The maximum absolute atomic E-state index is 11.5. The highest BCUT2D eigenvalue weighted by Gasteiger charge is 2.20. The van der Waals surface area contributed by atoms with Crippen LogP contribution in [-0.4, -0.2) is 17.6 Å². The van der Waals surface area contributed by atoms with Gasteiger partial charge >= 0.3 is 0 Å². The normalized spacial score (nSPS) is 16.9. The molecule has 0 spiro atoms. The van der Waals surface area contributed by atoms with Crippen molar-refractivity contribution in [3.05, 3.63) is 35.5 Å². The highest BCUT2D eigenvalue weighted by atomic mass is 32.1. The van der Waals surface area contributed by atoms with Crippen molar-refractivity contribution >= 4 is 29.3 Å². The summed E-state index contributed by atoms with van der Waals surface area (Å²) in [6, 6.07) is 7.52. The van der Waals surface area contributed by atoms with Crippen LogP contribution in [0.2, 0.25) is 0 Å². The zero-order valence-corrected chi connectivity index (χ0v) is 10.1. The smallest absolute Gasteiger partial charge is 0.273 e. The second-order valence-electron chi connectivity index (χ2n) is 3.44. The fraction of sp³-hybridized carbons (Fsp3) is 0.167. The van der Waals surface area contributed by atoms with Gasteiger partial charge in [0.05, 0.1) is 6.61 Å². The van der Waals surface area contributed by atoms with Crippen molar-refractivity contribution in [2.24, 2.45) is 0 Å². The van der Waals surface area contributed by atoms with Gasteiger partial charge in [0, 0.05) is 5.56 Å². The van der Waals surface area contributed by atoms with Gasteiger partial charge in [0.25, 0.3) is 5.91 Å². The third-order valence-electron chi connectivity index (χ3n) is 2.24. The quantitative estimate of drug-likeness (QED) is 0.627. The fourth-order valence-electron chi connectivity index (χ4n) is 1.52. The number of hydrogen-bond donors (Lipinski definition) is 2. The fourth-order valence-corrected chi connectivity index (χ4v) is 1.73. The van der Waals surface area contributed by atoms with E-state index >= 15 is 0 Å². The molecule has 0 radical (unpaired) electrons. The first-order chi connectivity index (χ1) is 8.20. The first kappa shape index (κ1) is 11.6. The third-order valence-corrected chi connectivity index (χ3v) is 2.44. The Morgan fingerprint density at radius 3 is 2.76 bits per heavy atom. The van der Waals surface area contributed by atoms with Crippen LogP contribution in [0.4, 0.5) is 0 Å². The molecule has 1 amide bonds. The number of para-hydroxylation sites is 1. The molecule has 1 aliphatic rings. The van der Waals surface area contributed by atoms with E-state index in [0.29, 0.717) is 17.4 Å². The molecule has 5 heteroatoms. The highest BCUT2D eigenvalue weighted by Crippen LogP contribution is 2.21. The minimum Gasteiger partial charge on any atom is -0.493 e. The van der Waals surface area contributed by atoms with Crippen LogP contribution in [-0.2, 0) is 4.79 Å². The van der Waals surface area contributed by atoms with E-state index in [2.05, 4.69) is 10.6 Å². The molecule has 4 nitrogen and oxygen atoms in total. The van der Waals surface area contributed by atoms with Crippen molar-refractivity contribution in [3.63, 3.8) is 0 Å². The van der Waals surface area contributed by atoms with E-state index in [1.807, 2.05) is 31.2 Å². The Hall–Kier alpha value is -1.88. The lowest BCUT2D eigenvalue weighted by atomic mass is 10.1. The molecule has 2 rings (SSSR count). The summed E-state index contributed by atoms with van der Waals surface area (Å²) in [5.74, 6) is 0.524. The SMILES string of the molecule is CCOc1ccccc1/C=C1/NC(=S)NC1=O. The molecule has 1 aromatic carbocycles. The monoisotopic (exact) mass is 248 g/mol. The Kier molecular flexibility index (Phi) is 3.39. The van der Waals surface area contributed by atoms with Crippen LogP contribution >= 0.6 is 12.2 Å². The number of ether oxygens (including phenoxy) is 1.